The first kappa shape index (κ1) is 16.9. The van der Waals surface area contributed by atoms with Crippen LogP contribution < -0.4 is 0 Å². The van der Waals surface area contributed by atoms with Gasteiger partial charge in [-0.15, -0.1) is 11.3 Å². The van der Waals surface area contributed by atoms with Crippen molar-refractivity contribution in [3.05, 3.63) is 45.4 Å². The standard InChI is InChI=1S/C17H24N2O2S/c1-13-11-16(17(21)12-18(3)8-9-20)14(2)19(13)7-6-15-5-4-10-22-15/h4-5,10-11,20H,6-9,12H2,1-3H3. The van der Waals surface area contributed by atoms with Gasteiger partial charge in [0, 0.05) is 34.9 Å². The summed E-state index contributed by atoms with van der Waals surface area (Å²) in [6.45, 7) is 5.90. The summed E-state index contributed by atoms with van der Waals surface area (Å²) in [5.74, 6) is 0.117. The summed E-state index contributed by atoms with van der Waals surface area (Å²) in [7, 11) is 1.85. The van der Waals surface area contributed by atoms with E-state index in [0.29, 0.717) is 13.1 Å². The van der Waals surface area contributed by atoms with E-state index in [1.807, 2.05) is 24.9 Å². The zero-order valence-corrected chi connectivity index (χ0v) is 14.3. The van der Waals surface area contributed by atoms with E-state index in [1.165, 1.54) is 4.88 Å². The van der Waals surface area contributed by atoms with E-state index in [4.69, 9.17) is 5.11 Å². The molecule has 4 nitrogen and oxygen atoms in total. The fourth-order valence-electron chi connectivity index (χ4n) is 2.68. The second-order valence-electron chi connectivity index (χ2n) is 5.65. The molecule has 0 fully saturated rings. The van der Waals surface area contributed by atoms with Crippen LogP contribution in [0.3, 0.4) is 0 Å². The van der Waals surface area contributed by atoms with Crippen molar-refractivity contribution in [2.45, 2.75) is 26.8 Å². The fourth-order valence-corrected chi connectivity index (χ4v) is 3.38. The molecule has 0 aliphatic rings. The quantitative estimate of drug-likeness (QED) is 0.760. The first-order chi connectivity index (χ1) is 10.5. The topological polar surface area (TPSA) is 45.5 Å². The molecule has 0 saturated heterocycles. The van der Waals surface area contributed by atoms with E-state index in [2.05, 4.69) is 29.0 Å². The van der Waals surface area contributed by atoms with Gasteiger partial charge in [0.2, 0.25) is 0 Å². The summed E-state index contributed by atoms with van der Waals surface area (Å²) in [5.41, 5.74) is 2.96. The molecular weight excluding hydrogens is 296 g/mol. The lowest BCUT2D eigenvalue weighted by Gasteiger charge is -2.14. The van der Waals surface area contributed by atoms with Crippen molar-refractivity contribution >= 4 is 17.1 Å². The second kappa shape index (κ2) is 7.72. The van der Waals surface area contributed by atoms with Crippen molar-refractivity contribution in [1.29, 1.82) is 0 Å². The Morgan fingerprint density at radius 1 is 1.41 bits per heavy atom. The number of hydrogen-bond donors (Lipinski definition) is 1. The molecule has 2 heterocycles. The molecule has 2 aromatic heterocycles. The van der Waals surface area contributed by atoms with Gasteiger partial charge in [-0.05, 0) is 44.8 Å². The summed E-state index contributed by atoms with van der Waals surface area (Å²) in [6, 6.07) is 6.20. The molecule has 22 heavy (non-hydrogen) atoms. The largest absolute Gasteiger partial charge is 0.395 e. The lowest BCUT2D eigenvalue weighted by atomic mass is 10.1. The number of aliphatic hydroxyl groups excluding tert-OH is 1. The predicted octanol–water partition coefficient (Wildman–Crippen LogP) is 2.52. The van der Waals surface area contributed by atoms with Crippen molar-refractivity contribution in [2.24, 2.45) is 0 Å². The van der Waals surface area contributed by atoms with Gasteiger partial charge in [0.05, 0.1) is 13.2 Å². The molecule has 0 atom stereocenters. The lowest BCUT2D eigenvalue weighted by Crippen LogP contribution is -2.28. The molecule has 2 aromatic rings. The SMILES string of the molecule is Cc1cc(C(=O)CN(C)CCO)c(C)n1CCc1cccs1. The van der Waals surface area contributed by atoms with Crippen LogP contribution in [-0.4, -0.2) is 47.1 Å². The van der Waals surface area contributed by atoms with E-state index in [9.17, 15) is 4.79 Å². The number of nitrogens with zero attached hydrogens (tertiary/aromatic N) is 2. The molecule has 0 amide bonds. The van der Waals surface area contributed by atoms with Crippen LogP contribution in [0.5, 0.6) is 0 Å². The molecule has 120 valence electrons. The Kier molecular flexibility index (Phi) is 5.94. The van der Waals surface area contributed by atoms with E-state index in [1.54, 1.807) is 11.3 Å². The third kappa shape index (κ3) is 4.06. The summed E-state index contributed by atoms with van der Waals surface area (Å²) >= 11 is 1.77. The Morgan fingerprint density at radius 3 is 2.82 bits per heavy atom. The number of thiophene rings is 1. The molecule has 0 unspecified atom stereocenters. The minimum atomic E-state index is 0.0730. The molecule has 0 saturated carbocycles. The number of Topliss-reactive ketones (excluding diaryl/α,β-unsaturated/α-hetero) is 1. The van der Waals surface area contributed by atoms with Gasteiger partial charge < -0.3 is 9.67 Å². The number of rotatable bonds is 8. The molecular formula is C17H24N2O2S. The predicted molar refractivity (Wildman–Crippen MR) is 90.8 cm³/mol. The average Bonchev–Trinajstić information content (AvgIpc) is 3.06. The van der Waals surface area contributed by atoms with Crippen LogP contribution in [0, 0.1) is 13.8 Å². The number of carbonyl (C=O) groups is 1. The normalized spacial score (nSPS) is 11.3. The molecule has 0 aliphatic carbocycles. The van der Waals surface area contributed by atoms with Gasteiger partial charge in [-0.2, -0.15) is 0 Å². The average molecular weight is 320 g/mol. The number of carbonyl (C=O) groups excluding carboxylic acids is 1. The summed E-state index contributed by atoms with van der Waals surface area (Å²) in [5, 5.41) is 11.0. The highest BCUT2D eigenvalue weighted by molar-refractivity contribution is 7.09. The van der Waals surface area contributed by atoms with Crippen molar-refractivity contribution in [3.63, 3.8) is 0 Å². The van der Waals surface area contributed by atoms with Gasteiger partial charge in [0.15, 0.2) is 5.78 Å². The van der Waals surface area contributed by atoms with E-state index in [-0.39, 0.29) is 12.4 Å². The maximum atomic E-state index is 12.4. The van der Waals surface area contributed by atoms with Gasteiger partial charge in [-0.3, -0.25) is 9.69 Å². The van der Waals surface area contributed by atoms with Gasteiger partial charge in [-0.1, -0.05) is 6.07 Å². The first-order valence-electron chi connectivity index (χ1n) is 7.54. The monoisotopic (exact) mass is 320 g/mol. The Labute approximate surface area is 136 Å². The number of ketones is 1. The Bertz CT molecular complexity index is 617. The number of aliphatic hydroxyl groups is 1. The molecule has 5 heteroatoms. The smallest absolute Gasteiger partial charge is 0.178 e. The van der Waals surface area contributed by atoms with Crippen molar-refractivity contribution in [1.82, 2.24) is 9.47 Å². The fraction of sp³-hybridized carbons (Fsp3) is 0.471. The van der Waals surface area contributed by atoms with Crippen LogP contribution in [0.2, 0.25) is 0 Å². The highest BCUT2D eigenvalue weighted by Crippen LogP contribution is 2.18. The maximum absolute atomic E-state index is 12.4. The van der Waals surface area contributed by atoms with Crippen LogP contribution in [0.15, 0.2) is 23.6 Å². The van der Waals surface area contributed by atoms with Gasteiger partial charge >= 0.3 is 0 Å². The number of hydrogen-bond acceptors (Lipinski definition) is 4. The molecule has 0 bridgehead atoms. The van der Waals surface area contributed by atoms with Gasteiger partial charge in [0.1, 0.15) is 0 Å². The lowest BCUT2D eigenvalue weighted by molar-refractivity contribution is 0.0935. The van der Waals surface area contributed by atoms with E-state index < -0.39 is 0 Å². The van der Waals surface area contributed by atoms with Gasteiger partial charge in [-0.25, -0.2) is 0 Å². The summed E-state index contributed by atoms with van der Waals surface area (Å²) in [4.78, 5) is 15.6. The zero-order valence-electron chi connectivity index (χ0n) is 13.5. The van der Waals surface area contributed by atoms with Crippen molar-refractivity contribution in [3.8, 4) is 0 Å². The molecule has 0 radical (unpaired) electrons. The molecule has 1 N–H and O–H groups in total. The van der Waals surface area contributed by atoms with Crippen LogP contribution in [-0.2, 0) is 13.0 Å². The minimum absolute atomic E-state index is 0.0730. The third-order valence-electron chi connectivity index (χ3n) is 3.93. The van der Waals surface area contributed by atoms with Crippen LogP contribution in [0.1, 0.15) is 26.6 Å². The number of aryl methyl sites for hydroxylation is 2. The Morgan fingerprint density at radius 2 is 2.18 bits per heavy atom. The summed E-state index contributed by atoms with van der Waals surface area (Å²) in [6.07, 6.45) is 0.992. The van der Waals surface area contributed by atoms with Crippen molar-refractivity contribution in [2.75, 3.05) is 26.7 Å². The van der Waals surface area contributed by atoms with E-state index in [0.717, 1.165) is 29.9 Å². The van der Waals surface area contributed by atoms with E-state index >= 15 is 0 Å². The molecule has 0 spiro atoms. The summed E-state index contributed by atoms with van der Waals surface area (Å²) < 4.78 is 2.22. The second-order valence-corrected chi connectivity index (χ2v) is 6.68. The third-order valence-corrected chi connectivity index (χ3v) is 4.87. The number of likely N-dealkylation sites (N-methyl/N-ethyl adjacent to an activating group) is 1. The van der Waals surface area contributed by atoms with Crippen LogP contribution >= 0.6 is 11.3 Å². The Balaban J connectivity index is 2.07. The maximum Gasteiger partial charge on any atom is 0.178 e. The highest BCUT2D eigenvalue weighted by atomic mass is 32.1. The zero-order chi connectivity index (χ0) is 16.1. The molecule has 2 rings (SSSR count). The molecule has 0 aliphatic heterocycles. The molecule has 0 aromatic carbocycles. The Hall–Kier alpha value is -1.43. The number of aromatic nitrogens is 1. The van der Waals surface area contributed by atoms with Gasteiger partial charge in [0.25, 0.3) is 0 Å². The minimum Gasteiger partial charge on any atom is -0.395 e. The van der Waals surface area contributed by atoms with Crippen LogP contribution in [0.25, 0.3) is 0 Å². The van der Waals surface area contributed by atoms with Crippen LogP contribution in [0.4, 0.5) is 0 Å². The highest BCUT2D eigenvalue weighted by Gasteiger charge is 2.17. The van der Waals surface area contributed by atoms with Crippen molar-refractivity contribution < 1.29 is 9.90 Å². The first-order valence-corrected chi connectivity index (χ1v) is 8.42.